The first-order valence-corrected chi connectivity index (χ1v) is 5.43. The Kier molecular flexibility index (Phi) is 2.84. The Balaban J connectivity index is 2.19. The Morgan fingerprint density at radius 2 is 2.54 bits per heavy atom. The van der Waals surface area contributed by atoms with Crippen LogP contribution < -0.4 is 0 Å². The monoisotopic (exact) mass is 178 g/mol. The van der Waals surface area contributed by atoms with Gasteiger partial charge in [-0.15, -0.1) is 0 Å². The first kappa shape index (κ1) is 9.01. The number of fused-ring (bicyclic) bond motifs is 1. The number of hydrogen-bond donors (Lipinski definition) is 0. The van der Waals surface area contributed by atoms with Crippen LogP contribution in [0.3, 0.4) is 0 Å². The van der Waals surface area contributed by atoms with E-state index in [0.717, 1.165) is 19.4 Å². The van der Waals surface area contributed by atoms with E-state index in [4.69, 9.17) is 4.74 Å². The van der Waals surface area contributed by atoms with Crippen molar-refractivity contribution in [1.29, 1.82) is 0 Å². The van der Waals surface area contributed by atoms with Gasteiger partial charge in [0.25, 0.3) is 0 Å². The SMILES string of the molecule is CC/C=C1\CCOC2CCCC=C12. The Hall–Kier alpha value is -0.560. The van der Waals surface area contributed by atoms with Gasteiger partial charge in [0, 0.05) is 0 Å². The summed E-state index contributed by atoms with van der Waals surface area (Å²) < 4.78 is 5.75. The summed E-state index contributed by atoms with van der Waals surface area (Å²) in [5, 5.41) is 0. The summed E-state index contributed by atoms with van der Waals surface area (Å²) in [5.41, 5.74) is 3.05. The molecule has 1 heterocycles. The summed E-state index contributed by atoms with van der Waals surface area (Å²) in [6, 6.07) is 0. The third-order valence-electron chi connectivity index (χ3n) is 2.89. The molecule has 0 spiro atoms. The van der Waals surface area contributed by atoms with Gasteiger partial charge in [0.1, 0.15) is 0 Å². The minimum atomic E-state index is 0.431. The second-order valence-electron chi connectivity index (χ2n) is 3.84. The molecule has 0 saturated carbocycles. The lowest BCUT2D eigenvalue weighted by molar-refractivity contribution is 0.0566. The van der Waals surface area contributed by atoms with E-state index in [9.17, 15) is 0 Å². The molecule has 0 aromatic rings. The highest BCUT2D eigenvalue weighted by Crippen LogP contribution is 2.32. The lowest BCUT2D eigenvalue weighted by atomic mass is 9.87. The first-order valence-electron chi connectivity index (χ1n) is 5.43. The topological polar surface area (TPSA) is 9.23 Å². The largest absolute Gasteiger partial charge is 0.373 e. The van der Waals surface area contributed by atoms with Crippen molar-refractivity contribution in [2.24, 2.45) is 0 Å². The van der Waals surface area contributed by atoms with Crippen LogP contribution in [0.1, 0.15) is 39.0 Å². The molecule has 1 unspecified atom stereocenters. The van der Waals surface area contributed by atoms with Gasteiger partial charge in [0.15, 0.2) is 0 Å². The van der Waals surface area contributed by atoms with Gasteiger partial charge >= 0.3 is 0 Å². The number of rotatable bonds is 1. The summed E-state index contributed by atoms with van der Waals surface area (Å²) in [5.74, 6) is 0. The molecule has 72 valence electrons. The van der Waals surface area contributed by atoms with Crippen LogP contribution in [0.25, 0.3) is 0 Å². The van der Waals surface area contributed by atoms with Crippen molar-refractivity contribution >= 4 is 0 Å². The minimum Gasteiger partial charge on any atom is -0.373 e. The van der Waals surface area contributed by atoms with E-state index < -0.39 is 0 Å². The third kappa shape index (κ3) is 1.86. The van der Waals surface area contributed by atoms with Gasteiger partial charge < -0.3 is 4.74 Å². The number of hydrogen-bond acceptors (Lipinski definition) is 1. The van der Waals surface area contributed by atoms with Crippen LogP contribution in [0.2, 0.25) is 0 Å². The maximum absolute atomic E-state index is 5.75. The zero-order valence-electron chi connectivity index (χ0n) is 8.38. The van der Waals surface area contributed by atoms with Crippen LogP contribution in [0.5, 0.6) is 0 Å². The van der Waals surface area contributed by atoms with Crippen molar-refractivity contribution < 1.29 is 4.74 Å². The average molecular weight is 178 g/mol. The quantitative estimate of drug-likeness (QED) is 0.599. The maximum atomic E-state index is 5.75. The highest BCUT2D eigenvalue weighted by molar-refractivity contribution is 5.36. The zero-order chi connectivity index (χ0) is 9.10. The van der Waals surface area contributed by atoms with Crippen molar-refractivity contribution in [3.05, 3.63) is 23.3 Å². The minimum absolute atomic E-state index is 0.431. The van der Waals surface area contributed by atoms with Crippen LogP contribution in [0.15, 0.2) is 23.3 Å². The van der Waals surface area contributed by atoms with Crippen molar-refractivity contribution in [3.8, 4) is 0 Å². The molecule has 1 aliphatic carbocycles. The first-order chi connectivity index (χ1) is 6.42. The number of allylic oxidation sites excluding steroid dienone is 2. The molecular weight excluding hydrogens is 160 g/mol. The molecule has 0 aromatic carbocycles. The van der Waals surface area contributed by atoms with Crippen molar-refractivity contribution in [1.82, 2.24) is 0 Å². The highest BCUT2D eigenvalue weighted by atomic mass is 16.5. The lowest BCUT2D eigenvalue weighted by Crippen LogP contribution is -2.25. The highest BCUT2D eigenvalue weighted by Gasteiger charge is 2.24. The van der Waals surface area contributed by atoms with E-state index in [2.05, 4.69) is 19.1 Å². The maximum Gasteiger partial charge on any atom is 0.0824 e. The molecular formula is C12H18O. The average Bonchev–Trinajstić information content (AvgIpc) is 2.19. The summed E-state index contributed by atoms with van der Waals surface area (Å²) in [6.45, 7) is 3.13. The standard InChI is InChI=1S/C12H18O/c1-2-5-10-8-9-13-12-7-4-3-6-11(10)12/h5-6,12H,2-4,7-9H2,1H3/b10-5+. The molecule has 1 fully saturated rings. The van der Waals surface area contributed by atoms with Gasteiger partial charge in [-0.3, -0.25) is 0 Å². The van der Waals surface area contributed by atoms with Gasteiger partial charge in [-0.1, -0.05) is 19.1 Å². The van der Waals surface area contributed by atoms with Crippen LogP contribution in [-0.2, 0) is 4.74 Å². The third-order valence-corrected chi connectivity index (χ3v) is 2.89. The molecule has 0 aromatic heterocycles. The van der Waals surface area contributed by atoms with Crippen molar-refractivity contribution in [2.45, 2.75) is 45.1 Å². The van der Waals surface area contributed by atoms with Gasteiger partial charge in [-0.2, -0.15) is 0 Å². The summed E-state index contributed by atoms with van der Waals surface area (Å²) in [7, 11) is 0. The molecule has 13 heavy (non-hydrogen) atoms. The molecule has 1 nitrogen and oxygen atoms in total. The molecule has 2 aliphatic rings. The fourth-order valence-corrected chi connectivity index (χ4v) is 2.28. The molecule has 0 bridgehead atoms. The normalized spacial score (nSPS) is 31.3. The fourth-order valence-electron chi connectivity index (χ4n) is 2.28. The Labute approximate surface area is 80.5 Å². The van der Waals surface area contributed by atoms with Gasteiger partial charge in [-0.05, 0) is 43.3 Å². The van der Waals surface area contributed by atoms with E-state index in [1.165, 1.54) is 24.8 Å². The van der Waals surface area contributed by atoms with Gasteiger partial charge in [-0.25, -0.2) is 0 Å². The number of ether oxygens (including phenoxy) is 1. The van der Waals surface area contributed by atoms with Gasteiger partial charge in [0.2, 0.25) is 0 Å². The fraction of sp³-hybridized carbons (Fsp3) is 0.667. The molecule has 0 amide bonds. The van der Waals surface area contributed by atoms with Gasteiger partial charge in [0.05, 0.1) is 12.7 Å². The lowest BCUT2D eigenvalue weighted by Gasteiger charge is -2.31. The van der Waals surface area contributed by atoms with E-state index in [0.29, 0.717) is 6.10 Å². The zero-order valence-corrected chi connectivity index (χ0v) is 8.38. The van der Waals surface area contributed by atoms with E-state index in [1.54, 1.807) is 5.57 Å². The summed E-state index contributed by atoms with van der Waals surface area (Å²) in [4.78, 5) is 0. The van der Waals surface area contributed by atoms with E-state index >= 15 is 0 Å². The second kappa shape index (κ2) is 4.10. The molecule has 1 atom stereocenters. The second-order valence-corrected chi connectivity index (χ2v) is 3.84. The van der Waals surface area contributed by atoms with Crippen molar-refractivity contribution in [3.63, 3.8) is 0 Å². The van der Waals surface area contributed by atoms with Crippen LogP contribution in [0.4, 0.5) is 0 Å². The Bertz CT molecular complexity index is 238. The predicted molar refractivity (Wildman–Crippen MR) is 54.7 cm³/mol. The molecule has 1 saturated heterocycles. The molecule has 2 rings (SSSR count). The summed E-state index contributed by atoms with van der Waals surface area (Å²) >= 11 is 0. The van der Waals surface area contributed by atoms with E-state index in [1.807, 2.05) is 0 Å². The van der Waals surface area contributed by atoms with Crippen molar-refractivity contribution in [2.75, 3.05) is 6.61 Å². The van der Waals surface area contributed by atoms with E-state index in [-0.39, 0.29) is 0 Å². The molecule has 0 radical (unpaired) electrons. The predicted octanol–water partition coefficient (Wildman–Crippen LogP) is 3.22. The molecule has 0 N–H and O–H groups in total. The Morgan fingerprint density at radius 3 is 3.38 bits per heavy atom. The summed E-state index contributed by atoms with van der Waals surface area (Å²) in [6.07, 6.45) is 11.2. The van der Waals surface area contributed by atoms with Crippen LogP contribution >= 0.6 is 0 Å². The molecule has 1 heteroatoms. The molecule has 1 aliphatic heterocycles. The Morgan fingerprint density at radius 1 is 1.62 bits per heavy atom. The van der Waals surface area contributed by atoms with Crippen LogP contribution in [0, 0.1) is 0 Å². The smallest absolute Gasteiger partial charge is 0.0824 e. The van der Waals surface area contributed by atoms with Crippen LogP contribution in [-0.4, -0.2) is 12.7 Å².